The smallest absolute Gasteiger partial charge is 0.410 e. The quantitative estimate of drug-likeness (QED) is 0.652. The number of benzene rings is 1. The van der Waals surface area contributed by atoms with Gasteiger partial charge in [-0.3, -0.25) is 4.99 Å². The zero-order chi connectivity index (χ0) is 21.4. The van der Waals surface area contributed by atoms with Gasteiger partial charge in [-0.1, -0.05) is 23.7 Å². The summed E-state index contributed by atoms with van der Waals surface area (Å²) < 4.78 is 34.3. The summed E-state index contributed by atoms with van der Waals surface area (Å²) in [5.74, 6) is -3.67. The van der Waals surface area contributed by atoms with Gasteiger partial charge in [0.1, 0.15) is 12.4 Å². The second-order valence-electron chi connectivity index (χ2n) is 6.98. The maximum atomic E-state index is 14.6. The number of likely N-dealkylation sites (tertiary alicyclic amines) is 1. The monoisotopic (exact) mass is 426 g/mol. The van der Waals surface area contributed by atoms with E-state index in [2.05, 4.69) is 22.0 Å². The molecule has 0 unspecified atom stereocenters. The Hall–Kier alpha value is -2.48. The first-order chi connectivity index (χ1) is 13.7. The van der Waals surface area contributed by atoms with E-state index in [-0.39, 0.29) is 26.1 Å². The van der Waals surface area contributed by atoms with Crippen LogP contribution < -0.4 is 5.32 Å². The molecule has 1 atom stereocenters. The number of halogens is 3. The van der Waals surface area contributed by atoms with Gasteiger partial charge >= 0.3 is 6.09 Å². The van der Waals surface area contributed by atoms with Crippen molar-refractivity contribution in [2.45, 2.75) is 32.8 Å². The number of ether oxygens (including phenoxy) is 1. The highest BCUT2D eigenvalue weighted by molar-refractivity contribution is 6.30. The number of nitrogens with zero attached hydrogens (tertiary/aromatic N) is 3. The van der Waals surface area contributed by atoms with Crippen molar-refractivity contribution in [3.8, 4) is 0 Å². The average molecular weight is 427 g/mol. The Morgan fingerprint density at radius 1 is 1.41 bits per heavy atom. The number of carbonyl (C=O) groups is 1. The van der Waals surface area contributed by atoms with Crippen LogP contribution in [0.15, 0.2) is 46.3 Å². The lowest BCUT2D eigenvalue weighted by Crippen LogP contribution is -2.53. The van der Waals surface area contributed by atoms with Crippen LogP contribution in [0.1, 0.15) is 25.8 Å². The molecule has 1 fully saturated rings. The van der Waals surface area contributed by atoms with Crippen molar-refractivity contribution in [1.82, 2.24) is 10.2 Å². The Labute approximate surface area is 174 Å². The first-order valence-electron chi connectivity index (χ1n) is 9.17. The van der Waals surface area contributed by atoms with Crippen molar-refractivity contribution in [3.63, 3.8) is 0 Å². The predicted octanol–water partition coefficient (Wildman–Crippen LogP) is 4.50. The Balaban J connectivity index is 1.87. The molecule has 1 aromatic rings. The van der Waals surface area contributed by atoms with Gasteiger partial charge in [0.05, 0.1) is 12.7 Å². The van der Waals surface area contributed by atoms with Crippen LogP contribution in [0, 0.1) is 5.92 Å². The minimum absolute atomic E-state index is 0.000417. The highest BCUT2D eigenvalue weighted by Crippen LogP contribution is 2.33. The summed E-state index contributed by atoms with van der Waals surface area (Å²) in [5, 5.41) is 3.41. The molecule has 0 bridgehead atoms. The molecule has 2 rings (SSSR count). The maximum Gasteiger partial charge on any atom is 0.410 e. The van der Waals surface area contributed by atoms with E-state index in [1.165, 1.54) is 6.20 Å². The Kier molecular flexibility index (Phi) is 8.13. The fraction of sp³-hybridized carbons (Fsp3) is 0.450. The lowest BCUT2D eigenvalue weighted by molar-refractivity contribution is -0.104. The molecule has 1 aromatic carbocycles. The van der Waals surface area contributed by atoms with Gasteiger partial charge in [-0.25, -0.2) is 18.6 Å². The molecule has 29 heavy (non-hydrogen) atoms. The van der Waals surface area contributed by atoms with E-state index in [9.17, 15) is 13.6 Å². The van der Waals surface area contributed by atoms with Gasteiger partial charge in [-0.2, -0.15) is 0 Å². The summed E-state index contributed by atoms with van der Waals surface area (Å²) in [7, 11) is 0. The van der Waals surface area contributed by atoms with Crippen LogP contribution in [0.3, 0.4) is 0 Å². The van der Waals surface area contributed by atoms with E-state index < -0.39 is 24.5 Å². The SMILES string of the molecule is C=N/C(=C\N=C(C)C)NC[C@H]1CCN(C(=O)OCc2ccc(Cl)cc2)CC1(F)F. The van der Waals surface area contributed by atoms with Crippen molar-refractivity contribution < 1.29 is 18.3 Å². The second kappa shape index (κ2) is 10.3. The van der Waals surface area contributed by atoms with Crippen molar-refractivity contribution in [2.75, 3.05) is 19.6 Å². The number of rotatable bonds is 7. The molecule has 9 heteroatoms. The first-order valence-corrected chi connectivity index (χ1v) is 9.55. The zero-order valence-corrected chi connectivity index (χ0v) is 17.3. The number of hydrogen-bond acceptors (Lipinski definition) is 5. The second-order valence-corrected chi connectivity index (χ2v) is 7.42. The molecule has 0 aromatic heterocycles. The Morgan fingerprint density at radius 2 is 2.10 bits per heavy atom. The van der Waals surface area contributed by atoms with Crippen LogP contribution in [0.5, 0.6) is 0 Å². The molecule has 0 radical (unpaired) electrons. The van der Waals surface area contributed by atoms with Crippen LogP contribution in [0.4, 0.5) is 13.6 Å². The standard InChI is InChI=1S/C20H25ClF2N4O2/c1-14(2)25-11-18(24-3)26-10-16-8-9-27(13-20(16,22)23)19(28)29-12-15-4-6-17(21)7-5-15/h4-7,11,16,26H,3,8-10,12-13H2,1-2H3/b18-11+/t16-/m1/s1. The number of nitrogens with one attached hydrogen (secondary N) is 1. The van der Waals surface area contributed by atoms with Crippen LogP contribution in [-0.2, 0) is 11.3 Å². The van der Waals surface area contributed by atoms with Crippen LogP contribution in [0.2, 0.25) is 5.02 Å². The van der Waals surface area contributed by atoms with Crippen molar-refractivity contribution in [3.05, 3.63) is 46.9 Å². The molecule has 1 saturated heterocycles. The zero-order valence-electron chi connectivity index (χ0n) is 16.5. The fourth-order valence-electron chi connectivity index (χ4n) is 2.77. The lowest BCUT2D eigenvalue weighted by Gasteiger charge is -2.37. The highest BCUT2D eigenvalue weighted by atomic mass is 35.5. The molecular weight excluding hydrogens is 402 g/mol. The molecule has 0 aliphatic carbocycles. The third-order valence-corrected chi connectivity index (χ3v) is 4.68. The number of aliphatic imine (C=N–C) groups is 2. The summed E-state index contributed by atoms with van der Waals surface area (Å²) >= 11 is 5.80. The van der Waals surface area contributed by atoms with E-state index in [0.717, 1.165) is 16.2 Å². The number of carbonyl (C=O) groups excluding carboxylic acids is 1. The normalized spacial score (nSPS) is 18.7. The summed E-state index contributed by atoms with van der Waals surface area (Å²) in [4.78, 5) is 21.0. The molecule has 1 amide bonds. The van der Waals surface area contributed by atoms with Gasteiger partial charge in [-0.05, 0) is 44.7 Å². The van der Waals surface area contributed by atoms with Gasteiger partial charge in [0.2, 0.25) is 0 Å². The van der Waals surface area contributed by atoms with E-state index in [1.807, 2.05) is 13.8 Å². The molecule has 0 spiro atoms. The third kappa shape index (κ3) is 7.12. The van der Waals surface area contributed by atoms with Crippen molar-refractivity contribution in [1.29, 1.82) is 0 Å². The number of hydrogen-bond donors (Lipinski definition) is 1. The van der Waals surface area contributed by atoms with E-state index in [0.29, 0.717) is 10.8 Å². The van der Waals surface area contributed by atoms with Crippen LogP contribution >= 0.6 is 11.6 Å². The average Bonchev–Trinajstić information content (AvgIpc) is 2.67. The number of amides is 1. The number of piperidine rings is 1. The van der Waals surface area contributed by atoms with Gasteiger partial charge in [-0.15, -0.1) is 0 Å². The molecule has 0 saturated carbocycles. The minimum Gasteiger partial charge on any atom is -0.445 e. The molecular formula is C20H25ClF2N4O2. The highest BCUT2D eigenvalue weighted by Gasteiger charge is 2.46. The molecule has 6 nitrogen and oxygen atoms in total. The molecule has 1 aliphatic heterocycles. The van der Waals surface area contributed by atoms with Gasteiger partial charge < -0.3 is 15.0 Å². The topological polar surface area (TPSA) is 66.3 Å². The van der Waals surface area contributed by atoms with E-state index >= 15 is 0 Å². The fourth-order valence-corrected chi connectivity index (χ4v) is 2.90. The molecule has 1 N–H and O–H groups in total. The van der Waals surface area contributed by atoms with Crippen LogP contribution in [-0.4, -0.2) is 49.0 Å². The largest absolute Gasteiger partial charge is 0.445 e. The van der Waals surface area contributed by atoms with E-state index in [4.69, 9.17) is 16.3 Å². The molecule has 158 valence electrons. The van der Waals surface area contributed by atoms with Crippen molar-refractivity contribution in [2.24, 2.45) is 15.9 Å². The van der Waals surface area contributed by atoms with Gasteiger partial charge in [0.25, 0.3) is 5.92 Å². The molecule has 1 aliphatic rings. The predicted molar refractivity (Wildman–Crippen MR) is 111 cm³/mol. The van der Waals surface area contributed by atoms with Gasteiger partial charge in [0, 0.05) is 29.7 Å². The van der Waals surface area contributed by atoms with Crippen molar-refractivity contribution >= 4 is 30.1 Å². The lowest BCUT2D eigenvalue weighted by atomic mass is 9.93. The van der Waals surface area contributed by atoms with E-state index in [1.54, 1.807) is 24.3 Å². The maximum absolute atomic E-state index is 14.6. The summed E-state index contributed by atoms with van der Waals surface area (Å²) in [5.41, 5.74) is 1.54. The summed E-state index contributed by atoms with van der Waals surface area (Å²) in [6, 6.07) is 6.77. The Morgan fingerprint density at radius 3 is 2.69 bits per heavy atom. The Bertz CT molecular complexity index is 777. The first kappa shape index (κ1) is 22.8. The van der Waals surface area contributed by atoms with Crippen LogP contribution in [0.25, 0.3) is 0 Å². The number of alkyl halides is 2. The molecule has 1 heterocycles. The van der Waals surface area contributed by atoms with Gasteiger partial charge in [0.15, 0.2) is 0 Å². The third-order valence-electron chi connectivity index (χ3n) is 4.43. The minimum atomic E-state index is -3.05. The summed E-state index contributed by atoms with van der Waals surface area (Å²) in [6.07, 6.45) is 0.826. The summed E-state index contributed by atoms with van der Waals surface area (Å²) in [6.45, 7) is 6.54.